The van der Waals surface area contributed by atoms with Gasteiger partial charge in [0.1, 0.15) is 12.4 Å². The van der Waals surface area contributed by atoms with Crippen LogP contribution in [0.25, 0.3) is 0 Å². The van der Waals surface area contributed by atoms with Crippen molar-refractivity contribution in [3.63, 3.8) is 0 Å². The van der Waals surface area contributed by atoms with Gasteiger partial charge in [0.15, 0.2) is 5.96 Å². The van der Waals surface area contributed by atoms with Gasteiger partial charge in [0, 0.05) is 20.1 Å². The largest absolute Gasteiger partial charge is 0.492 e. The zero-order valence-corrected chi connectivity index (χ0v) is 12.7. The van der Waals surface area contributed by atoms with E-state index in [9.17, 15) is 0 Å². The first kappa shape index (κ1) is 14.7. The quantitative estimate of drug-likeness (QED) is 0.521. The van der Waals surface area contributed by atoms with Crippen molar-refractivity contribution in [3.05, 3.63) is 30.3 Å². The van der Waals surface area contributed by atoms with Crippen molar-refractivity contribution in [2.45, 2.75) is 20.3 Å². The first-order valence-electron chi connectivity index (χ1n) is 7.24. The van der Waals surface area contributed by atoms with Crippen molar-refractivity contribution in [3.8, 4) is 5.75 Å². The van der Waals surface area contributed by atoms with E-state index < -0.39 is 0 Å². The van der Waals surface area contributed by atoms with Gasteiger partial charge >= 0.3 is 0 Å². The summed E-state index contributed by atoms with van der Waals surface area (Å²) in [5, 5.41) is 3.37. The second-order valence-corrected chi connectivity index (χ2v) is 5.97. The molecule has 1 fully saturated rings. The standard InChI is InChI=1S/C16H25N3O/c1-16(2)9-11-19(13-16)15(17-3)18-10-12-20-14-7-5-4-6-8-14/h4-8H,9-13H2,1-3H3,(H,17,18). The van der Waals surface area contributed by atoms with Gasteiger partial charge in [-0.2, -0.15) is 0 Å². The Morgan fingerprint density at radius 2 is 2.10 bits per heavy atom. The number of para-hydroxylation sites is 1. The maximum Gasteiger partial charge on any atom is 0.193 e. The fourth-order valence-corrected chi connectivity index (χ4v) is 2.47. The molecule has 1 aliphatic rings. The van der Waals surface area contributed by atoms with E-state index in [-0.39, 0.29) is 0 Å². The summed E-state index contributed by atoms with van der Waals surface area (Å²) in [6.45, 7) is 8.15. The molecule has 1 aromatic carbocycles. The Kier molecular flexibility index (Phi) is 4.88. The lowest BCUT2D eigenvalue weighted by molar-refractivity contribution is 0.317. The van der Waals surface area contributed by atoms with Crippen LogP contribution in [0.5, 0.6) is 5.75 Å². The summed E-state index contributed by atoms with van der Waals surface area (Å²) in [6, 6.07) is 9.89. The molecule has 1 aromatic rings. The van der Waals surface area contributed by atoms with Gasteiger partial charge in [-0.15, -0.1) is 0 Å². The third kappa shape index (κ3) is 4.15. The zero-order chi connectivity index (χ0) is 14.4. The summed E-state index contributed by atoms with van der Waals surface area (Å²) in [4.78, 5) is 6.68. The number of benzene rings is 1. The molecule has 4 nitrogen and oxygen atoms in total. The fraction of sp³-hybridized carbons (Fsp3) is 0.562. The molecule has 0 aliphatic carbocycles. The number of aliphatic imine (C=N–C) groups is 1. The van der Waals surface area contributed by atoms with Crippen LogP contribution in [0.3, 0.4) is 0 Å². The third-order valence-electron chi connectivity index (χ3n) is 3.59. The highest BCUT2D eigenvalue weighted by Crippen LogP contribution is 2.28. The number of ether oxygens (including phenoxy) is 1. The van der Waals surface area contributed by atoms with Crippen LogP contribution in [-0.4, -0.2) is 44.1 Å². The first-order chi connectivity index (χ1) is 9.61. The van der Waals surface area contributed by atoms with Gasteiger partial charge in [0.25, 0.3) is 0 Å². The minimum atomic E-state index is 0.387. The van der Waals surface area contributed by atoms with Crippen LogP contribution in [0.15, 0.2) is 35.3 Å². The summed E-state index contributed by atoms with van der Waals surface area (Å²) in [6.07, 6.45) is 1.22. The van der Waals surface area contributed by atoms with Gasteiger partial charge in [-0.25, -0.2) is 0 Å². The second-order valence-electron chi connectivity index (χ2n) is 5.97. The number of hydrogen-bond donors (Lipinski definition) is 1. The monoisotopic (exact) mass is 275 g/mol. The fourth-order valence-electron chi connectivity index (χ4n) is 2.47. The van der Waals surface area contributed by atoms with Gasteiger partial charge in [-0.3, -0.25) is 4.99 Å². The molecule has 0 saturated carbocycles. The lowest BCUT2D eigenvalue weighted by Crippen LogP contribution is -2.42. The van der Waals surface area contributed by atoms with Crippen molar-refractivity contribution in [2.75, 3.05) is 33.3 Å². The molecule has 110 valence electrons. The van der Waals surface area contributed by atoms with Crippen LogP contribution in [0.1, 0.15) is 20.3 Å². The molecule has 20 heavy (non-hydrogen) atoms. The van der Waals surface area contributed by atoms with Crippen LogP contribution in [0.4, 0.5) is 0 Å². The maximum atomic E-state index is 5.67. The molecule has 2 rings (SSSR count). The van der Waals surface area contributed by atoms with E-state index in [0.29, 0.717) is 12.0 Å². The van der Waals surface area contributed by atoms with Gasteiger partial charge in [-0.1, -0.05) is 32.0 Å². The highest BCUT2D eigenvalue weighted by molar-refractivity contribution is 5.80. The van der Waals surface area contributed by atoms with E-state index in [1.165, 1.54) is 6.42 Å². The number of nitrogens with one attached hydrogen (secondary N) is 1. The van der Waals surface area contributed by atoms with Gasteiger partial charge < -0.3 is 15.0 Å². The van der Waals surface area contributed by atoms with Gasteiger partial charge in [0.05, 0.1) is 6.54 Å². The van der Waals surface area contributed by atoms with Gasteiger partial charge in [0.2, 0.25) is 0 Å². The van der Waals surface area contributed by atoms with E-state index in [2.05, 4.69) is 29.1 Å². The molecular weight excluding hydrogens is 250 g/mol. The molecule has 1 N–H and O–H groups in total. The molecule has 1 heterocycles. The maximum absolute atomic E-state index is 5.67. The first-order valence-corrected chi connectivity index (χ1v) is 7.24. The topological polar surface area (TPSA) is 36.9 Å². The predicted molar refractivity (Wildman–Crippen MR) is 83.3 cm³/mol. The average Bonchev–Trinajstić information content (AvgIpc) is 2.80. The molecule has 0 atom stereocenters. The van der Waals surface area contributed by atoms with E-state index in [1.54, 1.807) is 0 Å². The summed E-state index contributed by atoms with van der Waals surface area (Å²) in [5.41, 5.74) is 0.387. The summed E-state index contributed by atoms with van der Waals surface area (Å²) in [5.74, 6) is 1.89. The van der Waals surface area contributed by atoms with Crippen molar-refractivity contribution >= 4 is 5.96 Å². The Hall–Kier alpha value is -1.71. The third-order valence-corrected chi connectivity index (χ3v) is 3.59. The van der Waals surface area contributed by atoms with E-state index in [4.69, 9.17) is 4.74 Å². The lowest BCUT2D eigenvalue weighted by atomic mass is 9.93. The molecular formula is C16H25N3O. The Labute approximate surface area is 121 Å². The molecule has 0 radical (unpaired) electrons. The Morgan fingerprint density at radius 3 is 2.70 bits per heavy atom. The van der Waals surface area contributed by atoms with Crippen molar-refractivity contribution in [1.29, 1.82) is 0 Å². The van der Waals surface area contributed by atoms with Gasteiger partial charge in [-0.05, 0) is 24.0 Å². The summed E-state index contributed by atoms with van der Waals surface area (Å²) < 4.78 is 5.67. The van der Waals surface area contributed by atoms with Crippen LogP contribution >= 0.6 is 0 Å². The van der Waals surface area contributed by atoms with Crippen LogP contribution in [0, 0.1) is 5.41 Å². The molecule has 0 amide bonds. The van der Waals surface area contributed by atoms with E-state index in [0.717, 1.165) is 31.3 Å². The molecule has 1 aliphatic heterocycles. The van der Waals surface area contributed by atoms with Crippen molar-refractivity contribution < 1.29 is 4.74 Å². The van der Waals surface area contributed by atoms with Crippen LogP contribution < -0.4 is 10.1 Å². The predicted octanol–water partition coefficient (Wildman–Crippen LogP) is 2.37. The number of guanidine groups is 1. The Bertz CT molecular complexity index is 442. The molecule has 1 saturated heterocycles. The molecule has 0 bridgehead atoms. The number of hydrogen-bond acceptors (Lipinski definition) is 2. The number of rotatable bonds is 4. The molecule has 0 aromatic heterocycles. The normalized spacial score (nSPS) is 18.1. The van der Waals surface area contributed by atoms with Crippen molar-refractivity contribution in [2.24, 2.45) is 10.4 Å². The average molecular weight is 275 g/mol. The number of nitrogens with zero attached hydrogens (tertiary/aromatic N) is 2. The molecule has 0 unspecified atom stereocenters. The van der Waals surface area contributed by atoms with Crippen molar-refractivity contribution in [1.82, 2.24) is 10.2 Å². The molecule has 4 heteroatoms. The minimum Gasteiger partial charge on any atom is -0.492 e. The Morgan fingerprint density at radius 1 is 1.35 bits per heavy atom. The smallest absolute Gasteiger partial charge is 0.193 e. The van der Waals surface area contributed by atoms with Crippen LogP contribution in [-0.2, 0) is 0 Å². The molecule has 0 spiro atoms. The zero-order valence-electron chi connectivity index (χ0n) is 12.7. The SMILES string of the molecule is CN=C(NCCOc1ccccc1)N1CCC(C)(C)C1. The number of likely N-dealkylation sites (tertiary alicyclic amines) is 1. The van der Waals surface area contributed by atoms with E-state index >= 15 is 0 Å². The minimum absolute atomic E-state index is 0.387. The summed E-state index contributed by atoms with van der Waals surface area (Å²) in [7, 11) is 1.84. The highest BCUT2D eigenvalue weighted by Gasteiger charge is 2.30. The Balaban J connectivity index is 1.72. The van der Waals surface area contributed by atoms with Crippen LogP contribution in [0.2, 0.25) is 0 Å². The van der Waals surface area contributed by atoms with E-state index in [1.807, 2.05) is 37.4 Å². The highest BCUT2D eigenvalue weighted by atomic mass is 16.5. The lowest BCUT2D eigenvalue weighted by Gasteiger charge is -2.23. The summed E-state index contributed by atoms with van der Waals surface area (Å²) >= 11 is 0. The second kappa shape index (κ2) is 6.64.